The Labute approximate surface area is 206 Å². The highest BCUT2D eigenvalue weighted by Crippen LogP contribution is 2.38. The average molecular weight is 477 g/mol. The van der Waals surface area contributed by atoms with Crippen LogP contribution < -0.4 is 16.0 Å². The van der Waals surface area contributed by atoms with Crippen molar-refractivity contribution in [3.05, 3.63) is 94.5 Å². The average Bonchev–Trinajstić information content (AvgIpc) is 2.86. The van der Waals surface area contributed by atoms with E-state index in [1.807, 2.05) is 18.2 Å². The number of rotatable bonds is 5. The lowest BCUT2D eigenvalue weighted by molar-refractivity contribution is 0.252. The van der Waals surface area contributed by atoms with Gasteiger partial charge >= 0.3 is 0 Å². The largest absolute Gasteiger partial charge is 0.398 e. The number of anilines is 2. The van der Waals surface area contributed by atoms with E-state index in [-0.39, 0.29) is 12.0 Å². The van der Waals surface area contributed by atoms with Crippen molar-refractivity contribution in [2.75, 3.05) is 43.4 Å². The zero-order valence-corrected chi connectivity index (χ0v) is 20.2. The highest BCUT2D eigenvalue weighted by atomic mass is 35.5. The number of fused-ring (bicyclic) bond motifs is 1. The summed E-state index contributed by atoms with van der Waals surface area (Å²) in [7, 11) is 0. The minimum atomic E-state index is -0.000987. The second kappa shape index (κ2) is 9.72. The first-order valence-electron chi connectivity index (χ1n) is 11.6. The summed E-state index contributed by atoms with van der Waals surface area (Å²) in [6, 6.07) is 25.2. The van der Waals surface area contributed by atoms with Crippen LogP contribution in [0.25, 0.3) is 0 Å². The SMILES string of the molecule is Nc1cc(C2NC(=S)C(CCN3CCN(c4ccccc4)CC3)c3ccccc32)ccc1Cl. The summed E-state index contributed by atoms with van der Waals surface area (Å²) in [4.78, 5) is 5.95. The van der Waals surface area contributed by atoms with Gasteiger partial charge in [-0.25, -0.2) is 0 Å². The van der Waals surface area contributed by atoms with Gasteiger partial charge in [0.05, 0.1) is 21.7 Å². The molecule has 5 rings (SSSR count). The second-order valence-electron chi connectivity index (χ2n) is 8.86. The Hall–Kier alpha value is -2.60. The molecule has 0 saturated carbocycles. The minimum Gasteiger partial charge on any atom is -0.398 e. The van der Waals surface area contributed by atoms with Crippen molar-refractivity contribution in [1.82, 2.24) is 10.2 Å². The van der Waals surface area contributed by atoms with E-state index < -0.39 is 0 Å². The summed E-state index contributed by atoms with van der Waals surface area (Å²) >= 11 is 12.0. The summed E-state index contributed by atoms with van der Waals surface area (Å²) in [5.41, 5.74) is 11.7. The van der Waals surface area contributed by atoms with Crippen LogP contribution in [0.3, 0.4) is 0 Å². The summed E-state index contributed by atoms with van der Waals surface area (Å²) in [6.45, 7) is 5.33. The van der Waals surface area contributed by atoms with Gasteiger partial charge in [-0.05, 0) is 53.9 Å². The van der Waals surface area contributed by atoms with Gasteiger partial charge in [-0.3, -0.25) is 4.90 Å². The van der Waals surface area contributed by atoms with Gasteiger partial charge < -0.3 is 16.0 Å². The number of thiocarbonyl (C=S) groups is 1. The Morgan fingerprint density at radius 1 is 0.909 bits per heavy atom. The summed E-state index contributed by atoms with van der Waals surface area (Å²) in [6.07, 6.45) is 1.02. The molecule has 1 fully saturated rings. The Balaban J connectivity index is 1.27. The number of halogens is 1. The van der Waals surface area contributed by atoms with Gasteiger partial charge in [-0.2, -0.15) is 0 Å². The summed E-state index contributed by atoms with van der Waals surface area (Å²) in [5, 5.41) is 4.19. The Morgan fingerprint density at radius 3 is 2.33 bits per heavy atom. The van der Waals surface area contributed by atoms with Crippen molar-refractivity contribution in [3.8, 4) is 0 Å². The highest BCUT2D eigenvalue weighted by Gasteiger charge is 2.32. The molecule has 3 aromatic rings. The summed E-state index contributed by atoms with van der Waals surface area (Å²) in [5.74, 6) is 0.226. The number of nitrogens with zero attached hydrogens (tertiary/aromatic N) is 2. The smallest absolute Gasteiger partial charge is 0.0837 e. The van der Waals surface area contributed by atoms with Crippen LogP contribution in [0.15, 0.2) is 72.8 Å². The van der Waals surface area contributed by atoms with Crippen LogP contribution in [-0.4, -0.2) is 42.6 Å². The summed E-state index contributed by atoms with van der Waals surface area (Å²) < 4.78 is 0. The van der Waals surface area contributed by atoms with Crippen molar-refractivity contribution in [2.24, 2.45) is 0 Å². The van der Waals surface area contributed by atoms with Crippen molar-refractivity contribution in [1.29, 1.82) is 0 Å². The molecular weight excluding hydrogens is 448 g/mol. The van der Waals surface area contributed by atoms with Crippen molar-refractivity contribution < 1.29 is 0 Å². The molecule has 6 heteroatoms. The second-order valence-corrected chi connectivity index (χ2v) is 9.70. The van der Waals surface area contributed by atoms with Gasteiger partial charge in [0.25, 0.3) is 0 Å². The highest BCUT2D eigenvalue weighted by molar-refractivity contribution is 7.80. The van der Waals surface area contributed by atoms with Crippen LogP contribution in [0, 0.1) is 0 Å². The molecule has 3 N–H and O–H groups in total. The lowest BCUT2D eigenvalue weighted by Gasteiger charge is -2.38. The molecule has 2 aliphatic heterocycles. The Morgan fingerprint density at radius 2 is 1.61 bits per heavy atom. The van der Waals surface area contributed by atoms with E-state index in [0.717, 1.165) is 49.7 Å². The predicted octanol–water partition coefficient (Wildman–Crippen LogP) is 5.24. The van der Waals surface area contributed by atoms with E-state index >= 15 is 0 Å². The van der Waals surface area contributed by atoms with Gasteiger partial charge in [0.2, 0.25) is 0 Å². The molecule has 2 unspecified atom stereocenters. The van der Waals surface area contributed by atoms with Gasteiger partial charge in [0.1, 0.15) is 0 Å². The normalized spacial score (nSPS) is 20.9. The monoisotopic (exact) mass is 476 g/mol. The standard InChI is InChI=1S/C27H29ClN4S/c28-24-11-10-19(18-25(24)29)26-22-9-5-4-8-21(22)23(27(33)30-26)12-13-31-14-16-32(17-15-31)20-6-2-1-3-7-20/h1-11,18,23,26H,12-17,29H2,(H,30,33). The van der Waals surface area contributed by atoms with Crippen LogP contribution in [-0.2, 0) is 0 Å². The number of hydrogen-bond acceptors (Lipinski definition) is 4. The molecule has 0 aliphatic carbocycles. The first kappa shape index (κ1) is 22.2. The van der Waals surface area contributed by atoms with Crippen molar-refractivity contribution in [2.45, 2.75) is 18.4 Å². The van der Waals surface area contributed by atoms with E-state index in [1.54, 1.807) is 0 Å². The number of piperazine rings is 1. The Kier molecular flexibility index (Phi) is 6.54. The molecule has 3 aromatic carbocycles. The van der Waals surface area contributed by atoms with Crippen LogP contribution >= 0.6 is 23.8 Å². The van der Waals surface area contributed by atoms with E-state index in [1.165, 1.54) is 16.8 Å². The fraction of sp³-hybridized carbons (Fsp3) is 0.296. The third-order valence-corrected chi connectivity index (χ3v) is 7.61. The number of benzene rings is 3. The lowest BCUT2D eigenvalue weighted by atomic mass is 9.82. The van der Waals surface area contributed by atoms with Crippen LogP contribution in [0.5, 0.6) is 0 Å². The number of hydrogen-bond donors (Lipinski definition) is 2. The number of para-hydroxylation sites is 1. The number of nitrogens with two attached hydrogens (primary N) is 1. The zero-order valence-electron chi connectivity index (χ0n) is 18.6. The maximum atomic E-state index is 6.15. The maximum absolute atomic E-state index is 6.15. The molecule has 2 heterocycles. The number of nitrogens with one attached hydrogen (secondary N) is 1. The van der Waals surface area contributed by atoms with Crippen LogP contribution in [0.2, 0.25) is 5.02 Å². The molecule has 33 heavy (non-hydrogen) atoms. The predicted molar refractivity (Wildman–Crippen MR) is 142 cm³/mol. The van der Waals surface area contributed by atoms with Gasteiger partial charge in [-0.1, -0.05) is 72.3 Å². The zero-order chi connectivity index (χ0) is 22.8. The first-order valence-corrected chi connectivity index (χ1v) is 12.4. The Bertz CT molecular complexity index is 1130. The van der Waals surface area contributed by atoms with Crippen molar-refractivity contribution >= 4 is 40.2 Å². The van der Waals surface area contributed by atoms with Gasteiger partial charge in [0.15, 0.2) is 0 Å². The van der Waals surface area contributed by atoms with E-state index in [2.05, 4.69) is 69.7 Å². The molecule has 170 valence electrons. The first-order chi connectivity index (χ1) is 16.1. The third-order valence-electron chi connectivity index (χ3n) is 6.87. The lowest BCUT2D eigenvalue weighted by Crippen LogP contribution is -2.47. The van der Waals surface area contributed by atoms with E-state index in [4.69, 9.17) is 29.6 Å². The fourth-order valence-electron chi connectivity index (χ4n) is 5.02. The van der Waals surface area contributed by atoms with Gasteiger partial charge in [-0.15, -0.1) is 0 Å². The van der Waals surface area contributed by atoms with Crippen LogP contribution in [0.4, 0.5) is 11.4 Å². The molecule has 2 atom stereocenters. The fourth-order valence-corrected chi connectivity index (χ4v) is 5.50. The van der Waals surface area contributed by atoms with E-state index in [9.17, 15) is 0 Å². The molecule has 1 saturated heterocycles. The molecule has 0 spiro atoms. The molecule has 2 aliphatic rings. The van der Waals surface area contributed by atoms with Crippen molar-refractivity contribution in [3.63, 3.8) is 0 Å². The quantitative estimate of drug-likeness (QED) is 0.389. The topological polar surface area (TPSA) is 44.5 Å². The molecule has 0 aromatic heterocycles. The van der Waals surface area contributed by atoms with E-state index in [0.29, 0.717) is 10.7 Å². The number of nitrogen functional groups attached to an aromatic ring is 1. The molecular formula is C27H29ClN4S. The van der Waals surface area contributed by atoms with Crippen LogP contribution in [0.1, 0.15) is 35.1 Å². The molecule has 0 radical (unpaired) electrons. The maximum Gasteiger partial charge on any atom is 0.0837 e. The molecule has 4 nitrogen and oxygen atoms in total. The van der Waals surface area contributed by atoms with Gasteiger partial charge in [0, 0.05) is 37.8 Å². The minimum absolute atomic E-state index is 0.000987. The third kappa shape index (κ3) is 4.72. The molecule has 0 amide bonds. The molecule has 0 bridgehead atoms.